The fourth-order valence-electron chi connectivity index (χ4n) is 2.11. The molecule has 1 aromatic carbocycles. The summed E-state index contributed by atoms with van der Waals surface area (Å²) in [6.45, 7) is 3.35. The Morgan fingerprint density at radius 1 is 1.16 bits per heavy atom. The van der Waals surface area contributed by atoms with Crippen LogP contribution >= 0.6 is 0 Å². The minimum absolute atomic E-state index is 0.362. The largest absolute Gasteiger partial charge is 0.465 e. The zero-order chi connectivity index (χ0) is 14.0. The van der Waals surface area contributed by atoms with Crippen molar-refractivity contribution in [3.63, 3.8) is 0 Å². The maximum absolute atomic E-state index is 9.92. The number of ether oxygens (including phenoxy) is 2. The van der Waals surface area contributed by atoms with Crippen LogP contribution in [-0.2, 0) is 4.74 Å². The van der Waals surface area contributed by atoms with Crippen LogP contribution in [0.4, 0.5) is 0 Å². The maximum Gasteiger partial charge on any atom is 0.205 e. The highest BCUT2D eigenvalue weighted by Gasteiger charge is 2.43. The third-order valence-electron chi connectivity index (χ3n) is 3.46. The molecule has 1 aliphatic rings. The predicted molar refractivity (Wildman–Crippen MR) is 68.7 cm³/mol. The Morgan fingerprint density at radius 3 is 2.37 bits per heavy atom. The van der Waals surface area contributed by atoms with Gasteiger partial charge in [0.2, 0.25) is 6.29 Å². The van der Waals surface area contributed by atoms with E-state index in [1.54, 1.807) is 6.92 Å². The zero-order valence-corrected chi connectivity index (χ0v) is 11.1. The van der Waals surface area contributed by atoms with Gasteiger partial charge in [-0.3, -0.25) is 0 Å². The van der Waals surface area contributed by atoms with Crippen molar-refractivity contribution in [2.75, 3.05) is 6.61 Å². The van der Waals surface area contributed by atoms with Gasteiger partial charge >= 0.3 is 0 Å². The van der Waals surface area contributed by atoms with Gasteiger partial charge in [0.1, 0.15) is 18.0 Å². The Balaban J connectivity index is 2.08. The van der Waals surface area contributed by atoms with Crippen LogP contribution in [0.15, 0.2) is 24.3 Å². The molecular formula is C14H20O5. The summed E-state index contributed by atoms with van der Waals surface area (Å²) in [4.78, 5) is 0. The minimum atomic E-state index is -1.10. The van der Waals surface area contributed by atoms with Gasteiger partial charge in [0.25, 0.3) is 0 Å². The molecule has 1 aliphatic heterocycles. The van der Waals surface area contributed by atoms with Crippen molar-refractivity contribution in [3.05, 3.63) is 29.8 Å². The maximum atomic E-state index is 9.92. The van der Waals surface area contributed by atoms with E-state index in [0.29, 0.717) is 5.75 Å². The number of hydrogen-bond donors (Lipinski definition) is 3. The summed E-state index contributed by atoms with van der Waals surface area (Å²) in [6.07, 6.45) is -3.61. The van der Waals surface area contributed by atoms with Gasteiger partial charge in [-0.05, 0) is 19.1 Å². The van der Waals surface area contributed by atoms with Crippen molar-refractivity contribution in [3.8, 4) is 5.75 Å². The van der Waals surface area contributed by atoms with E-state index in [-0.39, 0.29) is 12.5 Å². The van der Waals surface area contributed by atoms with Crippen molar-refractivity contribution in [1.82, 2.24) is 0 Å². The van der Waals surface area contributed by atoms with E-state index >= 15 is 0 Å². The molecule has 106 valence electrons. The number of hydrogen-bond acceptors (Lipinski definition) is 5. The van der Waals surface area contributed by atoms with Gasteiger partial charge in [0.15, 0.2) is 0 Å². The smallest absolute Gasteiger partial charge is 0.205 e. The second kappa shape index (κ2) is 5.88. The molecule has 1 saturated heterocycles. The third kappa shape index (κ3) is 3.06. The molecule has 0 radical (unpaired) electrons. The molecule has 0 aromatic heterocycles. The fraction of sp³-hybridized carbons (Fsp3) is 0.571. The highest BCUT2D eigenvalue weighted by Crippen LogP contribution is 2.28. The molecular weight excluding hydrogens is 248 g/mol. The molecule has 0 aliphatic carbocycles. The first-order chi connectivity index (χ1) is 9.02. The standard InChI is InChI=1S/C14H20O5/c1-8-3-5-10(6-4-8)18-14-9(2)12(16)13(17)11(7-15)19-14/h3-6,9,11-17H,7H2,1-2H3. The monoisotopic (exact) mass is 268 g/mol. The Morgan fingerprint density at radius 2 is 1.79 bits per heavy atom. The Bertz CT molecular complexity index is 403. The molecule has 1 heterocycles. The third-order valence-corrected chi connectivity index (χ3v) is 3.46. The van der Waals surface area contributed by atoms with Gasteiger partial charge in [-0.2, -0.15) is 0 Å². The first kappa shape index (κ1) is 14.3. The molecule has 0 spiro atoms. The number of aryl methyl sites for hydroxylation is 1. The average Bonchev–Trinajstić information content (AvgIpc) is 2.42. The van der Waals surface area contributed by atoms with E-state index in [9.17, 15) is 10.2 Å². The fourth-order valence-corrected chi connectivity index (χ4v) is 2.11. The van der Waals surface area contributed by atoms with Crippen molar-refractivity contribution in [2.45, 2.75) is 38.4 Å². The van der Waals surface area contributed by atoms with Gasteiger partial charge in [-0.25, -0.2) is 0 Å². The number of benzene rings is 1. The number of aliphatic hydroxyl groups excluding tert-OH is 3. The molecule has 5 heteroatoms. The first-order valence-electron chi connectivity index (χ1n) is 6.38. The molecule has 1 aromatic rings. The first-order valence-corrected chi connectivity index (χ1v) is 6.38. The topological polar surface area (TPSA) is 79.2 Å². The number of aliphatic hydroxyl groups is 3. The van der Waals surface area contributed by atoms with Gasteiger partial charge < -0.3 is 24.8 Å². The predicted octanol–water partition coefficient (Wildman–Crippen LogP) is 0.449. The van der Waals surface area contributed by atoms with E-state index < -0.39 is 24.6 Å². The Labute approximate surface area is 112 Å². The molecule has 1 fully saturated rings. The molecule has 5 atom stereocenters. The van der Waals surface area contributed by atoms with Crippen LogP contribution in [0.2, 0.25) is 0 Å². The molecule has 0 amide bonds. The van der Waals surface area contributed by atoms with E-state index in [2.05, 4.69) is 0 Å². The minimum Gasteiger partial charge on any atom is -0.465 e. The average molecular weight is 268 g/mol. The summed E-state index contributed by atoms with van der Waals surface area (Å²) in [5, 5.41) is 28.8. The van der Waals surface area contributed by atoms with Crippen LogP contribution in [-0.4, -0.2) is 46.5 Å². The molecule has 3 N–H and O–H groups in total. The lowest BCUT2D eigenvalue weighted by Crippen LogP contribution is -2.56. The quantitative estimate of drug-likeness (QED) is 0.741. The molecule has 0 saturated carbocycles. The zero-order valence-electron chi connectivity index (χ0n) is 11.1. The van der Waals surface area contributed by atoms with Crippen molar-refractivity contribution in [1.29, 1.82) is 0 Å². The summed E-state index contributed by atoms with van der Waals surface area (Å²) >= 11 is 0. The van der Waals surface area contributed by atoms with Crippen LogP contribution < -0.4 is 4.74 Å². The van der Waals surface area contributed by atoms with Gasteiger partial charge in [-0.1, -0.05) is 24.6 Å². The molecule has 5 nitrogen and oxygen atoms in total. The molecule has 5 unspecified atom stereocenters. The normalized spacial score (nSPS) is 35.1. The lowest BCUT2D eigenvalue weighted by molar-refractivity contribution is -0.256. The lowest BCUT2D eigenvalue weighted by atomic mass is 9.92. The Kier molecular flexibility index (Phi) is 4.42. The molecule has 0 bridgehead atoms. The van der Waals surface area contributed by atoms with E-state index in [1.807, 2.05) is 31.2 Å². The second-order valence-electron chi connectivity index (χ2n) is 5.00. The summed E-state index contributed by atoms with van der Waals surface area (Å²) in [7, 11) is 0. The van der Waals surface area contributed by atoms with E-state index in [0.717, 1.165) is 5.56 Å². The van der Waals surface area contributed by atoms with Gasteiger partial charge in [-0.15, -0.1) is 0 Å². The molecule has 19 heavy (non-hydrogen) atoms. The van der Waals surface area contributed by atoms with Crippen LogP contribution in [0.3, 0.4) is 0 Å². The summed E-state index contributed by atoms with van der Waals surface area (Å²) in [6, 6.07) is 7.46. The van der Waals surface area contributed by atoms with Gasteiger partial charge in [0.05, 0.1) is 12.7 Å². The van der Waals surface area contributed by atoms with Crippen LogP contribution in [0.1, 0.15) is 12.5 Å². The van der Waals surface area contributed by atoms with Crippen LogP contribution in [0.5, 0.6) is 5.75 Å². The lowest BCUT2D eigenvalue weighted by Gasteiger charge is -2.40. The summed E-state index contributed by atoms with van der Waals surface area (Å²) in [5.41, 5.74) is 1.12. The van der Waals surface area contributed by atoms with E-state index in [4.69, 9.17) is 14.6 Å². The number of rotatable bonds is 3. The van der Waals surface area contributed by atoms with Crippen molar-refractivity contribution < 1.29 is 24.8 Å². The van der Waals surface area contributed by atoms with Crippen LogP contribution in [0.25, 0.3) is 0 Å². The van der Waals surface area contributed by atoms with Crippen LogP contribution in [0, 0.1) is 12.8 Å². The summed E-state index contributed by atoms with van der Waals surface area (Å²) < 4.78 is 11.2. The Hall–Kier alpha value is -1.14. The van der Waals surface area contributed by atoms with Crippen molar-refractivity contribution in [2.24, 2.45) is 5.92 Å². The van der Waals surface area contributed by atoms with E-state index in [1.165, 1.54) is 0 Å². The summed E-state index contributed by atoms with van der Waals surface area (Å²) in [5.74, 6) is 0.238. The molecule has 2 rings (SSSR count). The van der Waals surface area contributed by atoms with Gasteiger partial charge in [0, 0.05) is 5.92 Å². The second-order valence-corrected chi connectivity index (χ2v) is 5.00. The SMILES string of the molecule is Cc1ccc(OC2OC(CO)C(O)C(O)C2C)cc1. The van der Waals surface area contributed by atoms with Crippen molar-refractivity contribution >= 4 is 0 Å². The highest BCUT2D eigenvalue weighted by molar-refractivity contribution is 5.26. The highest BCUT2D eigenvalue weighted by atomic mass is 16.7.